The molecule has 3 rings (SSSR count). The standard InChI is InChI=1S/C19H26ClN5O2S/c1-15-12-18(25-10-3-2-4-11-25)24-19(23-15)21-8-9-22-28(26,27)14-16-6-5-7-17(20)13-16/h5-7,12-13,22H,2-4,8-11,14H2,1H3,(H,21,23,24). The second-order valence-corrected chi connectivity index (χ2v) is 9.19. The fraction of sp³-hybridized carbons (Fsp3) is 0.474. The van der Waals surface area contributed by atoms with E-state index in [-0.39, 0.29) is 12.3 Å². The molecule has 2 aromatic rings. The minimum absolute atomic E-state index is 0.104. The number of rotatable bonds is 8. The summed E-state index contributed by atoms with van der Waals surface area (Å²) in [5.74, 6) is 1.35. The molecule has 0 spiro atoms. The topological polar surface area (TPSA) is 87.2 Å². The number of sulfonamides is 1. The molecule has 0 saturated carbocycles. The summed E-state index contributed by atoms with van der Waals surface area (Å²) in [6.45, 7) is 4.61. The van der Waals surface area contributed by atoms with Crippen LogP contribution in [0.2, 0.25) is 5.02 Å². The number of hydrogen-bond donors (Lipinski definition) is 2. The second-order valence-electron chi connectivity index (χ2n) is 6.95. The molecule has 0 bridgehead atoms. The Labute approximate surface area is 171 Å². The number of anilines is 2. The molecule has 1 aromatic heterocycles. The minimum Gasteiger partial charge on any atom is -0.356 e. The van der Waals surface area contributed by atoms with Crippen LogP contribution in [0.15, 0.2) is 30.3 Å². The largest absolute Gasteiger partial charge is 0.356 e. The SMILES string of the molecule is Cc1cc(N2CCCCC2)nc(NCCNS(=O)(=O)Cc2cccc(Cl)c2)n1. The highest BCUT2D eigenvalue weighted by molar-refractivity contribution is 7.88. The third-order valence-electron chi connectivity index (χ3n) is 4.50. The lowest BCUT2D eigenvalue weighted by Crippen LogP contribution is -2.31. The van der Waals surface area contributed by atoms with Gasteiger partial charge in [-0.3, -0.25) is 0 Å². The first-order valence-corrected chi connectivity index (χ1v) is 11.5. The Kier molecular flexibility index (Phi) is 7.09. The molecular formula is C19H26ClN5O2S. The van der Waals surface area contributed by atoms with Crippen molar-refractivity contribution in [3.63, 3.8) is 0 Å². The number of halogens is 1. The Bertz CT molecular complexity index is 901. The number of aryl methyl sites for hydroxylation is 1. The van der Waals surface area contributed by atoms with Crippen molar-refractivity contribution in [2.45, 2.75) is 31.9 Å². The van der Waals surface area contributed by atoms with E-state index in [1.165, 1.54) is 19.3 Å². The zero-order chi connectivity index (χ0) is 20.0. The number of benzene rings is 1. The van der Waals surface area contributed by atoms with Crippen LogP contribution in [0.3, 0.4) is 0 Å². The first kappa shape index (κ1) is 20.8. The first-order chi connectivity index (χ1) is 13.4. The van der Waals surface area contributed by atoms with Gasteiger partial charge in [-0.05, 0) is 43.9 Å². The molecule has 152 valence electrons. The van der Waals surface area contributed by atoms with Crippen molar-refractivity contribution in [2.24, 2.45) is 0 Å². The molecule has 1 saturated heterocycles. The van der Waals surface area contributed by atoms with Gasteiger partial charge in [0, 0.05) is 43.0 Å². The van der Waals surface area contributed by atoms with E-state index >= 15 is 0 Å². The molecule has 0 atom stereocenters. The molecule has 7 nitrogen and oxygen atoms in total. The van der Waals surface area contributed by atoms with Gasteiger partial charge < -0.3 is 10.2 Å². The highest BCUT2D eigenvalue weighted by Crippen LogP contribution is 2.19. The molecule has 28 heavy (non-hydrogen) atoms. The lowest BCUT2D eigenvalue weighted by molar-refractivity contribution is 0.573. The maximum atomic E-state index is 12.2. The van der Waals surface area contributed by atoms with Crippen LogP contribution in [0.4, 0.5) is 11.8 Å². The van der Waals surface area contributed by atoms with Crippen molar-refractivity contribution in [1.82, 2.24) is 14.7 Å². The molecular weight excluding hydrogens is 398 g/mol. The molecule has 0 aliphatic carbocycles. The maximum Gasteiger partial charge on any atom is 0.224 e. The van der Waals surface area contributed by atoms with Gasteiger partial charge in [0.05, 0.1) is 5.75 Å². The van der Waals surface area contributed by atoms with Crippen LogP contribution >= 0.6 is 11.6 Å². The Morgan fingerprint density at radius 2 is 1.89 bits per heavy atom. The van der Waals surface area contributed by atoms with Crippen molar-refractivity contribution >= 4 is 33.4 Å². The zero-order valence-corrected chi connectivity index (χ0v) is 17.6. The van der Waals surface area contributed by atoms with E-state index in [1.807, 2.05) is 13.0 Å². The van der Waals surface area contributed by atoms with Crippen LogP contribution < -0.4 is 14.9 Å². The zero-order valence-electron chi connectivity index (χ0n) is 16.0. The minimum atomic E-state index is -3.44. The predicted molar refractivity (Wildman–Crippen MR) is 113 cm³/mol. The lowest BCUT2D eigenvalue weighted by Gasteiger charge is -2.28. The summed E-state index contributed by atoms with van der Waals surface area (Å²) >= 11 is 5.91. The molecule has 2 heterocycles. The average Bonchev–Trinajstić information content (AvgIpc) is 2.65. The van der Waals surface area contributed by atoms with Crippen LogP contribution in [-0.4, -0.2) is 44.6 Å². The summed E-state index contributed by atoms with van der Waals surface area (Å²) < 4.78 is 27.0. The molecule has 9 heteroatoms. The third-order valence-corrected chi connectivity index (χ3v) is 6.09. The predicted octanol–water partition coefficient (Wildman–Crippen LogP) is 2.96. The number of piperidine rings is 1. The van der Waals surface area contributed by atoms with Crippen LogP contribution in [0.1, 0.15) is 30.5 Å². The molecule has 1 fully saturated rings. The molecule has 0 unspecified atom stereocenters. The first-order valence-electron chi connectivity index (χ1n) is 9.47. The summed E-state index contributed by atoms with van der Waals surface area (Å²) in [5.41, 5.74) is 1.54. The van der Waals surface area contributed by atoms with E-state index in [1.54, 1.807) is 24.3 Å². The molecule has 0 amide bonds. The van der Waals surface area contributed by atoms with E-state index < -0.39 is 10.0 Å². The summed E-state index contributed by atoms with van der Waals surface area (Å²) in [6, 6.07) is 8.84. The highest BCUT2D eigenvalue weighted by atomic mass is 35.5. The summed E-state index contributed by atoms with van der Waals surface area (Å²) in [7, 11) is -3.44. The Balaban J connectivity index is 1.51. The van der Waals surface area contributed by atoms with Crippen LogP contribution in [0.25, 0.3) is 0 Å². The maximum absolute atomic E-state index is 12.2. The van der Waals surface area contributed by atoms with E-state index in [4.69, 9.17) is 11.6 Å². The van der Waals surface area contributed by atoms with Gasteiger partial charge in [-0.25, -0.2) is 18.1 Å². The van der Waals surface area contributed by atoms with Crippen molar-refractivity contribution in [3.8, 4) is 0 Å². The van der Waals surface area contributed by atoms with Gasteiger partial charge in [-0.1, -0.05) is 23.7 Å². The molecule has 1 aliphatic rings. The van der Waals surface area contributed by atoms with Crippen molar-refractivity contribution < 1.29 is 8.42 Å². The van der Waals surface area contributed by atoms with E-state index in [0.717, 1.165) is 24.6 Å². The van der Waals surface area contributed by atoms with Crippen molar-refractivity contribution in [3.05, 3.63) is 46.6 Å². The van der Waals surface area contributed by atoms with Crippen LogP contribution in [-0.2, 0) is 15.8 Å². The van der Waals surface area contributed by atoms with Crippen LogP contribution in [0, 0.1) is 6.92 Å². The Morgan fingerprint density at radius 1 is 1.11 bits per heavy atom. The summed E-state index contributed by atoms with van der Waals surface area (Å²) in [5, 5.41) is 3.64. The van der Waals surface area contributed by atoms with Crippen molar-refractivity contribution in [1.29, 1.82) is 0 Å². The van der Waals surface area contributed by atoms with Gasteiger partial charge in [0.2, 0.25) is 16.0 Å². The Hall–Kier alpha value is -1.90. The summed E-state index contributed by atoms with van der Waals surface area (Å²) in [4.78, 5) is 11.3. The lowest BCUT2D eigenvalue weighted by atomic mass is 10.1. The van der Waals surface area contributed by atoms with Gasteiger partial charge in [-0.15, -0.1) is 0 Å². The smallest absolute Gasteiger partial charge is 0.224 e. The van der Waals surface area contributed by atoms with E-state index in [2.05, 4.69) is 24.9 Å². The monoisotopic (exact) mass is 423 g/mol. The molecule has 0 radical (unpaired) electrons. The molecule has 1 aliphatic heterocycles. The van der Waals surface area contributed by atoms with E-state index in [9.17, 15) is 8.42 Å². The number of hydrogen-bond acceptors (Lipinski definition) is 6. The number of nitrogens with one attached hydrogen (secondary N) is 2. The van der Waals surface area contributed by atoms with Gasteiger partial charge in [-0.2, -0.15) is 4.98 Å². The number of nitrogens with zero attached hydrogens (tertiary/aromatic N) is 3. The van der Waals surface area contributed by atoms with Gasteiger partial charge in [0.1, 0.15) is 5.82 Å². The van der Waals surface area contributed by atoms with Crippen LogP contribution in [0.5, 0.6) is 0 Å². The Morgan fingerprint density at radius 3 is 2.64 bits per heavy atom. The fourth-order valence-electron chi connectivity index (χ4n) is 3.19. The van der Waals surface area contributed by atoms with Gasteiger partial charge >= 0.3 is 0 Å². The average molecular weight is 424 g/mol. The molecule has 1 aromatic carbocycles. The summed E-state index contributed by atoms with van der Waals surface area (Å²) in [6.07, 6.45) is 3.63. The number of aromatic nitrogens is 2. The van der Waals surface area contributed by atoms with E-state index in [0.29, 0.717) is 23.1 Å². The third kappa shape index (κ3) is 6.32. The quantitative estimate of drug-likeness (QED) is 0.635. The molecule has 2 N–H and O–H groups in total. The normalized spacial score (nSPS) is 14.9. The highest BCUT2D eigenvalue weighted by Gasteiger charge is 2.14. The van der Waals surface area contributed by atoms with Gasteiger partial charge in [0.15, 0.2) is 0 Å². The second kappa shape index (κ2) is 9.54. The fourth-order valence-corrected chi connectivity index (χ4v) is 4.54. The van der Waals surface area contributed by atoms with Crippen molar-refractivity contribution in [2.75, 3.05) is 36.4 Å². The van der Waals surface area contributed by atoms with Gasteiger partial charge in [0.25, 0.3) is 0 Å².